The fourth-order valence-corrected chi connectivity index (χ4v) is 3.47. The molecule has 0 bridgehead atoms. The number of benzene rings is 1. The molecule has 0 heterocycles. The lowest BCUT2D eigenvalue weighted by Crippen LogP contribution is -2.37. The Morgan fingerprint density at radius 3 is 2.70 bits per heavy atom. The molecule has 0 unspecified atom stereocenters. The first-order chi connectivity index (χ1) is 10.9. The van der Waals surface area contributed by atoms with E-state index in [4.69, 9.17) is 0 Å². The summed E-state index contributed by atoms with van der Waals surface area (Å²) in [4.78, 5) is 11.9. The van der Waals surface area contributed by atoms with Gasteiger partial charge in [-0.25, -0.2) is 0 Å². The van der Waals surface area contributed by atoms with Gasteiger partial charge in [-0.2, -0.15) is 0 Å². The molecule has 0 fully saturated rings. The monoisotopic (exact) mass is 314 g/mol. The SMILES string of the molecule is CCCCC[C@@](C)(C(=O)O)[C@@H]1C=Cc2cc(C(C)C)ccc2C1. The molecule has 1 aromatic carbocycles. The van der Waals surface area contributed by atoms with Crippen molar-refractivity contribution in [2.75, 3.05) is 0 Å². The highest BCUT2D eigenvalue weighted by Crippen LogP contribution is 2.40. The Morgan fingerprint density at radius 1 is 1.35 bits per heavy atom. The average molecular weight is 314 g/mol. The van der Waals surface area contributed by atoms with E-state index in [1.54, 1.807) is 0 Å². The van der Waals surface area contributed by atoms with Crippen LogP contribution in [0, 0.1) is 11.3 Å². The van der Waals surface area contributed by atoms with Crippen LogP contribution in [0.1, 0.15) is 76.0 Å². The number of carboxylic acids is 1. The molecule has 0 amide bonds. The predicted molar refractivity (Wildman–Crippen MR) is 96.6 cm³/mol. The van der Waals surface area contributed by atoms with Gasteiger partial charge in [0.2, 0.25) is 0 Å². The van der Waals surface area contributed by atoms with Crippen LogP contribution >= 0.6 is 0 Å². The molecule has 2 heteroatoms. The van der Waals surface area contributed by atoms with E-state index in [1.165, 1.54) is 16.7 Å². The average Bonchev–Trinajstić information content (AvgIpc) is 2.53. The fraction of sp³-hybridized carbons (Fsp3) is 0.571. The molecule has 126 valence electrons. The quantitative estimate of drug-likeness (QED) is 0.659. The van der Waals surface area contributed by atoms with Crippen molar-refractivity contribution in [1.29, 1.82) is 0 Å². The van der Waals surface area contributed by atoms with E-state index < -0.39 is 11.4 Å². The zero-order chi connectivity index (χ0) is 17.0. The molecule has 1 aromatic rings. The lowest BCUT2D eigenvalue weighted by atomic mass is 9.68. The summed E-state index contributed by atoms with van der Waals surface area (Å²) < 4.78 is 0. The van der Waals surface area contributed by atoms with Crippen LogP contribution in [0.2, 0.25) is 0 Å². The lowest BCUT2D eigenvalue weighted by molar-refractivity contribution is -0.150. The summed E-state index contributed by atoms with van der Waals surface area (Å²) in [5.41, 5.74) is 3.22. The van der Waals surface area contributed by atoms with Gasteiger partial charge in [-0.1, -0.05) is 70.4 Å². The molecule has 0 saturated heterocycles. The third-order valence-corrected chi connectivity index (χ3v) is 5.39. The minimum atomic E-state index is -0.667. The molecule has 0 saturated carbocycles. The van der Waals surface area contributed by atoms with E-state index in [2.05, 4.69) is 51.1 Å². The number of carbonyl (C=O) groups is 1. The van der Waals surface area contributed by atoms with E-state index >= 15 is 0 Å². The second-order valence-electron chi connectivity index (χ2n) is 7.46. The molecular formula is C21H30O2. The van der Waals surface area contributed by atoms with Crippen LogP contribution in [0.15, 0.2) is 24.3 Å². The lowest BCUT2D eigenvalue weighted by Gasteiger charge is -2.34. The maximum absolute atomic E-state index is 11.9. The van der Waals surface area contributed by atoms with Gasteiger partial charge in [-0.05, 0) is 48.3 Å². The Balaban J connectivity index is 2.22. The molecule has 0 aromatic heterocycles. The number of unbranched alkanes of at least 4 members (excludes halogenated alkanes) is 2. The number of hydrogen-bond acceptors (Lipinski definition) is 1. The van der Waals surface area contributed by atoms with Crippen LogP contribution < -0.4 is 0 Å². The van der Waals surface area contributed by atoms with E-state index in [0.29, 0.717) is 5.92 Å². The van der Waals surface area contributed by atoms with Crippen LogP contribution in [0.25, 0.3) is 6.08 Å². The Hall–Kier alpha value is -1.57. The van der Waals surface area contributed by atoms with E-state index in [-0.39, 0.29) is 5.92 Å². The van der Waals surface area contributed by atoms with Gasteiger partial charge in [0.15, 0.2) is 0 Å². The van der Waals surface area contributed by atoms with Gasteiger partial charge in [0, 0.05) is 0 Å². The summed E-state index contributed by atoms with van der Waals surface area (Å²) in [6.45, 7) is 8.48. The molecule has 1 N–H and O–H groups in total. The van der Waals surface area contributed by atoms with Gasteiger partial charge in [-0.3, -0.25) is 4.79 Å². The number of fused-ring (bicyclic) bond motifs is 1. The highest BCUT2D eigenvalue weighted by Gasteiger charge is 2.40. The molecular weight excluding hydrogens is 284 g/mol. The summed E-state index contributed by atoms with van der Waals surface area (Å²) >= 11 is 0. The maximum atomic E-state index is 11.9. The van der Waals surface area contributed by atoms with Crippen molar-refractivity contribution in [2.45, 2.75) is 65.7 Å². The Kier molecular flexibility index (Phi) is 5.67. The van der Waals surface area contributed by atoms with Gasteiger partial charge in [0.05, 0.1) is 5.41 Å². The normalized spacial score (nSPS) is 19.4. The third kappa shape index (κ3) is 3.85. The molecule has 2 rings (SSSR count). The summed E-state index contributed by atoms with van der Waals surface area (Å²) in [6.07, 6.45) is 9.07. The van der Waals surface area contributed by atoms with E-state index in [0.717, 1.165) is 32.1 Å². The van der Waals surface area contributed by atoms with Crippen molar-refractivity contribution >= 4 is 12.0 Å². The fourth-order valence-electron chi connectivity index (χ4n) is 3.47. The predicted octanol–water partition coefficient (Wildman–Crippen LogP) is 5.67. The van der Waals surface area contributed by atoms with Gasteiger partial charge >= 0.3 is 5.97 Å². The number of hydrogen-bond donors (Lipinski definition) is 1. The Labute approximate surface area is 140 Å². The summed E-state index contributed by atoms with van der Waals surface area (Å²) in [5.74, 6) is -0.0653. The van der Waals surface area contributed by atoms with E-state index in [1.807, 2.05) is 6.92 Å². The first-order valence-electron chi connectivity index (χ1n) is 8.93. The van der Waals surface area contributed by atoms with Crippen LogP contribution in [0.4, 0.5) is 0 Å². The largest absolute Gasteiger partial charge is 0.481 e. The van der Waals surface area contributed by atoms with Crippen molar-refractivity contribution in [3.8, 4) is 0 Å². The molecule has 1 aliphatic carbocycles. The molecule has 23 heavy (non-hydrogen) atoms. The summed E-state index contributed by atoms with van der Waals surface area (Å²) in [6, 6.07) is 6.63. The second-order valence-corrected chi connectivity index (χ2v) is 7.46. The van der Waals surface area contributed by atoms with Crippen molar-refractivity contribution in [2.24, 2.45) is 11.3 Å². The van der Waals surface area contributed by atoms with Crippen molar-refractivity contribution in [3.63, 3.8) is 0 Å². The van der Waals surface area contributed by atoms with E-state index in [9.17, 15) is 9.90 Å². The number of allylic oxidation sites excluding steroid dienone is 1. The third-order valence-electron chi connectivity index (χ3n) is 5.39. The maximum Gasteiger partial charge on any atom is 0.309 e. The van der Waals surface area contributed by atoms with Crippen molar-refractivity contribution in [1.82, 2.24) is 0 Å². The molecule has 0 spiro atoms. The van der Waals surface area contributed by atoms with Crippen LogP contribution in [0.5, 0.6) is 0 Å². The van der Waals surface area contributed by atoms with Crippen LogP contribution in [-0.4, -0.2) is 11.1 Å². The van der Waals surface area contributed by atoms with Crippen molar-refractivity contribution in [3.05, 3.63) is 41.0 Å². The first-order valence-corrected chi connectivity index (χ1v) is 8.93. The van der Waals surface area contributed by atoms with Gasteiger partial charge in [0.1, 0.15) is 0 Å². The Morgan fingerprint density at radius 2 is 2.09 bits per heavy atom. The number of rotatable bonds is 7. The molecule has 1 aliphatic rings. The summed E-state index contributed by atoms with van der Waals surface area (Å²) in [5, 5.41) is 9.82. The topological polar surface area (TPSA) is 37.3 Å². The van der Waals surface area contributed by atoms with Gasteiger partial charge in [0.25, 0.3) is 0 Å². The number of aliphatic carboxylic acids is 1. The van der Waals surface area contributed by atoms with Crippen LogP contribution in [-0.2, 0) is 11.2 Å². The van der Waals surface area contributed by atoms with Gasteiger partial charge < -0.3 is 5.11 Å². The smallest absolute Gasteiger partial charge is 0.309 e. The molecule has 0 aliphatic heterocycles. The minimum Gasteiger partial charge on any atom is -0.481 e. The molecule has 2 atom stereocenters. The van der Waals surface area contributed by atoms with Crippen molar-refractivity contribution < 1.29 is 9.90 Å². The second kappa shape index (κ2) is 7.33. The minimum absolute atomic E-state index is 0.0780. The van der Waals surface area contributed by atoms with Gasteiger partial charge in [-0.15, -0.1) is 0 Å². The highest BCUT2D eigenvalue weighted by molar-refractivity contribution is 5.76. The van der Waals surface area contributed by atoms with Crippen LogP contribution in [0.3, 0.4) is 0 Å². The highest BCUT2D eigenvalue weighted by atomic mass is 16.4. The number of carboxylic acid groups (broad SMARTS) is 1. The standard InChI is InChI=1S/C21H30O2/c1-5-6-7-12-21(4,20(22)23)19-11-10-17-13-16(15(2)3)8-9-18(17)14-19/h8-11,13,15,19H,5-7,12,14H2,1-4H3,(H,22,23)/t19-,21-/m1/s1. The zero-order valence-electron chi connectivity index (χ0n) is 14.9. The summed E-state index contributed by atoms with van der Waals surface area (Å²) in [7, 11) is 0. The molecule has 0 radical (unpaired) electrons. The zero-order valence-corrected chi connectivity index (χ0v) is 14.9. The first kappa shape index (κ1) is 17.8. The molecule has 2 nitrogen and oxygen atoms in total. The Bertz CT molecular complexity index is 586.